The molecule has 1 saturated carbocycles. The molecule has 19 heavy (non-hydrogen) atoms. The maximum atomic E-state index is 10.8. The summed E-state index contributed by atoms with van der Waals surface area (Å²) in [7, 11) is 0. The first-order valence-corrected chi connectivity index (χ1v) is 6.92. The zero-order valence-electron chi connectivity index (χ0n) is 11.8. The molecular weight excluding hydrogens is 240 g/mol. The minimum absolute atomic E-state index is 0.149. The van der Waals surface area contributed by atoms with Gasteiger partial charge in [0.25, 0.3) is 5.69 Å². The minimum atomic E-state index is -0.341. The molecule has 0 radical (unpaired) electrons. The van der Waals surface area contributed by atoms with E-state index in [1.807, 2.05) is 6.07 Å². The lowest BCUT2D eigenvalue weighted by Gasteiger charge is -2.23. The summed E-state index contributed by atoms with van der Waals surface area (Å²) in [4.78, 5) is 10.4. The maximum Gasteiger partial charge on any atom is 0.269 e. The van der Waals surface area contributed by atoms with Gasteiger partial charge >= 0.3 is 0 Å². The molecule has 0 bridgehead atoms. The summed E-state index contributed by atoms with van der Waals surface area (Å²) in [6.45, 7) is 7.60. The van der Waals surface area contributed by atoms with E-state index in [0.29, 0.717) is 11.3 Å². The van der Waals surface area contributed by atoms with Crippen molar-refractivity contribution in [3.8, 4) is 0 Å². The molecule has 4 nitrogen and oxygen atoms in total. The van der Waals surface area contributed by atoms with Gasteiger partial charge in [0.2, 0.25) is 0 Å². The fourth-order valence-corrected chi connectivity index (χ4v) is 2.50. The summed E-state index contributed by atoms with van der Waals surface area (Å²) < 4.78 is 0. The molecule has 2 rings (SSSR count). The van der Waals surface area contributed by atoms with Gasteiger partial charge in [-0.15, -0.1) is 0 Å². The lowest BCUT2D eigenvalue weighted by atomic mass is 9.92. The van der Waals surface area contributed by atoms with Gasteiger partial charge in [-0.25, -0.2) is 0 Å². The SMILES string of the molecule is CC(NCC1(C(C)C)CC1)c1cccc([N+](=O)[O-])c1. The lowest BCUT2D eigenvalue weighted by molar-refractivity contribution is -0.384. The van der Waals surface area contributed by atoms with Gasteiger partial charge in [0.1, 0.15) is 0 Å². The Morgan fingerprint density at radius 1 is 1.37 bits per heavy atom. The number of rotatable bonds is 6. The van der Waals surface area contributed by atoms with Crippen LogP contribution < -0.4 is 5.32 Å². The smallest absolute Gasteiger partial charge is 0.269 e. The number of nitrogens with zero attached hydrogens (tertiary/aromatic N) is 1. The normalized spacial score (nSPS) is 18.3. The van der Waals surface area contributed by atoms with Crippen molar-refractivity contribution in [2.45, 2.75) is 39.7 Å². The van der Waals surface area contributed by atoms with Gasteiger partial charge in [0.05, 0.1) is 4.92 Å². The van der Waals surface area contributed by atoms with E-state index in [4.69, 9.17) is 0 Å². The number of hydrogen-bond acceptors (Lipinski definition) is 3. The van der Waals surface area contributed by atoms with Crippen LogP contribution in [0, 0.1) is 21.4 Å². The van der Waals surface area contributed by atoms with Gasteiger partial charge < -0.3 is 5.32 Å². The molecule has 1 fully saturated rings. The predicted octanol–water partition coefficient (Wildman–Crippen LogP) is 3.68. The molecule has 0 aliphatic heterocycles. The highest BCUT2D eigenvalue weighted by Gasteiger charge is 2.44. The van der Waals surface area contributed by atoms with E-state index in [9.17, 15) is 10.1 Å². The topological polar surface area (TPSA) is 55.2 Å². The highest BCUT2D eigenvalue weighted by atomic mass is 16.6. The van der Waals surface area contributed by atoms with Crippen LogP contribution in [0.4, 0.5) is 5.69 Å². The molecule has 1 atom stereocenters. The summed E-state index contributed by atoms with van der Waals surface area (Å²) in [6, 6.07) is 7.04. The van der Waals surface area contributed by atoms with Crippen LogP contribution in [-0.4, -0.2) is 11.5 Å². The van der Waals surface area contributed by atoms with E-state index >= 15 is 0 Å². The zero-order chi connectivity index (χ0) is 14.0. The second-order valence-corrected chi connectivity index (χ2v) is 5.97. The number of non-ortho nitro benzene ring substituents is 1. The molecule has 1 aliphatic rings. The minimum Gasteiger partial charge on any atom is -0.310 e. The van der Waals surface area contributed by atoms with Crippen molar-refractivity contribution >= 4 is 5.69 Å². The van der Waals surface area contributed by atoms with Crippen LogP contribution in [0.15, 0.2) is 24.3 Å². The molecule has 104 valence electrons. The van der Waals surface area contributed by atoms with E-state index in [0.717, 1.165) is 12.1 Å². The number of hydrogen-bond donors (Lipinski definition) is 1. The van der Waals surface area contributed by atoms with Crippen molar-refractivity contribution in [3.05, 3.63) is 39.9 Å². The second kappa shape index (κ2) is 5.29. The van der Waals surface area contributed by atoms with Gasteiger partial charge in [-0.3, -0.25) is 10.1 Å². The van der Waals surface area contributed by atoms with Crippen LogP contribution in [-0.2, 0) is 0 Å². The van der Waals surface area contributed by atoms with E-state index in [-0.39, 0.29) is 16.7 Å². The van der Waals surface area contributed by atoms with Crippen molar-refractivity contribution < 1.29 is 4.92 Å². The molecule has 1 aromatic carbocycles. The van der Waals surface area contributed by atoms with Crippen LogP contribution in [0.25, 0.3) is 0 Å². The van der Waals surface area contributed by atoms with E-state index in [1.54, 1.807) is 12.1 Å². The summed E-state index contributed by atoms with van der Waals surface area (Å²) >= 11 is 0. The average molecular weight is 262 g/mol. The molecule has 0 heterocycles. The quantitative estimate of drug-likeness (QED) is 0.628. The Balaban J connectivity index is 1.98. The van der Waals surface area contributed by atoms with Gasteiger partial charge in [0, 0.05) is 24.7 Å². The molecule has 0 amide bonds. The molecule has 4 heteroatoms. The Hall–Kier alpha value is -1.42. The molecule has 1 aromatic rings. The van der Waals surface area contributed by atoms with Crippen molar-refractivity contribution in [2.24, 2.45) is 11.3 Å². The summed E-state index contributed by atoms with van der Waals surface area (Å²) in [5.74, 6) is 0.692. The predicted molar refractivity (Wildman–Crippen MR) is 76.0 cm³/mol. The number of benzene rings is 1. The van der Waals surface area contributed by atoms with E-state index in [2.05, 4.69) is 26.1 Å². The zero-order valence-corrected chi connectivity index (χ0v) is 11.8. The third-order valence-electron chi connectivity index (χ3n) is 4.46. The Bertz CT molecular complexity index is 467. The first-order valence-electron chi connectivity index (χ1n) is 6.92. The van der Waals surface area contributed by atoms with Gasteiger partial charge in [-0.1, -0.05) is 26.0 Å². The van der Waals surface area contributed by atoms with Crippen molar-refractivity contribution in [2.75, 3.05) is 6.54 Å². The molecule has 1 aliphatic carbocycles. The highest BCUT2D eigenvalue weighted by molar-refractivity contribution is 5.35. The van der Waals surface area contributed by atoms with Gasteiger partial charge in [0.15, 0.2) is 0 Å². The van der Waals surface area contributed by atoms with Crippen molar-refractivity contribution in [1.82, 2.24) is 5.32 Å². The molecule has 1 N–H and O–H groups in total. The van der Waals surface area contributed by atoms with Gasteiger partial charge in [-0.05, 0) is 36.7 Å². The third kappa shape index (κ3) is 3.13. The first kappa shape index (κ1) is 14.0. The second-order valence-electron chi connectivity index (χ2n) is 5.97. The van der Waals surface area contributed by atoms with Crippen LogP contribution in [0.3, 0.4) is 0 Å². The van der Waals surface area contributed by atoms with Crippen LogP contribution in [0.2, 0.25) is 0 Å². The number of nitro groups is 1. The fourth-order valence-electron chi connectivity index (χ4n) is 2.50. The fraction of sp³-hybridized carbons (Fsp3) is 0.600. The number of nitro benzene ring substituents is 1. The molecule has 0 spiro atoms. The summed E-state index contributed by atoms with van der Waals surface area (Å²) in [5.41, 5.74) is 1.60. The number of nitrogens with one attached hydrogen (secondary N) is 1. The monoisotopic (exact) mass is 262 g/mol. The van der Waals surface area contributed by atoms with Crippen molar-refractivity contribution in [3.63, 3.8) is 0 Å². The molecule has 0 aromatic heterocycles. The summed E-state index contributed by atoms with van der Waals surface area (Å²) in [5, 5.41) is 14.3. The van der Waals surface area contributed by atoms with Crippen LogP contribution >= 0.6 is 0 Å². The van der Waals surface area contributed by atoms with Gasteiger partial charge in [-0.2, -0.15) is 0 Å². The third-order valence-corrected chi connectivity index (χ3v) is 4.46. The maximum absolute atomic E-state index is 10.8. The molecule has 1 unspecified atom stereocenters. The van der Waals surface area contributed by atoms with E-state index in [1.165, 1.54) is 18.9 Å². The summed E-state index contributed by atoms with van der Waals surface area (Å²) in [6.07, 6.45) is 2.58. The Morgan fingerprint density at radius 3 is 2.58 bits per heavy atom. The van der Waals surface area contributed by atoms with Crippen molar-refractivity contribution in [1.29, 1.82) is 0 Å². The average Bonchev–Trinajstić information content (AvgIpc) is 3.17. The lowest BCUT2D eigenvalue weighted by Crippen LogP contribution is -2.29. The highest BCUT2D eigenvalue weighted by Crippen LogP contribution is 2.51. The van der Waals surface area contributed by atoms with E-state index < -0.39 is 0 Å². The standard InChI is InChI=1S/C15H22N2O2/c1-11(2)15(7-8-15)10-16-12(3)13-5-4-6-14(9-13)17(18)19/h4-6,9,11-12,16H,7-8,10H2,1-3H3. The largest absolute Gasteiger partial charge is 0.310 e. The van der Waals surface area contributed by atoms with Crippen LogP contribution in [0.1, 0.15) is 45.2 Å². The Labute approximate surface area is 114 Å². The Kier molecular flexibility index (Phi) is 3.90. The molecular formula is C15H22N2O2. The first-order chi connectivity index (χ1) is 8.94. The van der Waals surface area contributed by atoms with Crippen LogP contribution in [0.5, 0.6) is 0 Å². The Morgan fingerprint density at radius 2 is 2.05 bits per heavy atom. The molecule has 0 saturated heterocycles.